The molecule has 0 aromatic rings. The Balaban J connectivity index is 3.68. The van der Waals surface area contributed by atoms with E-state index < -0.39 is 0 Å². The Labute approximate surface area is 185 Å². The minimum atomic E-state index is 0.751. The molecule has 0 aromatic heterocycles. The highest BCUT2D eigenvalue weighted by Crippen LogP contribution is 2.20. The molecule has 0 aliphatic heterocycles. The lowest BCUT2D eigenvalue weighted by Crippen LogP contribution is -2.12. The fraction of sp³-hybridized carbons (Fsp3) is 1.00. The number of nitrogens with two attached hydrogens (primary N) is 1. The van der Waals surface area contributed by atoms with Crippen molar-refractivity contribution < 1.29 is 4.74 Å². The van der Waals surface area contributed by atoms with Gasteiger partial charge in [-0.15, -0.1) is 0 Å². The minimum absolute atomic E-state index is 0.751. The van der Waals surface area contributed by atoms with Gasteiger partial charge in [-0.05, 0) is 31.7 Å². The average Bonchev–Trinajstić information content (AvgIpc) is 2.73. The number of unbranched alkanes of at least 4 members (excludes halogenated alkanes) is 16. The lowest BCUT2D eigenvalue weighted by atomic mass is 9.94. The van der Waals surface area contributed by atoms with Gasteiger partial charge in [-0.2, -0.15) is 0 Å². The first-order valence-electron chi connectivity index (χ1n) is 13.6. The zero-order valence-electron chi connectivity index (χ0n) is 20.5. The number of hydrogen-bond donors (Lipinski definition) is 1. The van der Waals surface area contributed by atoms with E-state index in [4.69, 9.17) is 10.5 Å². The van der Waals surface area contributed by atoms with Crippen LogP contribution in [0.15, 0.2) is 0 Å². The van der Waals surface area contributed by atoms with E-state index in [-0.39, 0.29) is 0 Å². The first kappa shape index (κ1) is 28.9. The molecule has 0 bridgehead atoms. The molecule has 1 atom stereocenters. The van der Waals surface area contributed by atoms with Crippen molar-refractivity contribution in [1.82, 2.24) is 0 Å². The molecule has 29 heavy (non-hydrogen) atoms. The third-order valence-corrected chi connectivity index (χ3v) is 6.28. The SMILES string of the molecule is CCCCCCCCCCCCC(CCCCCCCCCC)COCCCN. The van der Waals surface area contributed by atoms with E-state index in [1.807, 2.05) is 0 Å². The molecule has 0 fully saturated rings. The fourth-order valence-corrected chi connectivity index (χ4v) is 4.23. The molecule has 0 saturated carbocycles. The highest BCUT2D eigenvalue weighted by Gasteiger charge is 2.09. The molecule has 1 unspecified atom stereocenters. The summed E-state index contributed by atoms with van der Waals surface area (Å²) in [5.41, 5.74) is 5.59. The predicted octanol–water partition coefficient (Wildman–Crippen LogP) is 8.81. The van der Waals surface area contributed by atoms with Crippen molar-refractivity contribution in [2.24, 2.45) is 11.7 Å². The van der Waals surface area contributed by atoms with Gasteiger partial charge in [0.15, 0.2) is 0 Å². The molecule has 0 rings (SSSR count). The molecule has 0 heterocycles. The smallest absolute Gasteiger partial charge is 0.0494 e. The maximum Gasteiger partial charge on any atom is 0.0494 e. The molecular weight excluding hydrogens is 354 g/mol. The minimum Gasteiger partial charge on any atom is -0.381 e. The number of hydrogen-bond acceptors (Lipinski definition) is 2. The maximum atomic E-state index is 5.92. The zero-order valence-corrected chi connectivity index (χ0v) is 20.5. The van der Waals surface area contributed by atoms with Crippen molar-refractivity contribution in [1.29, 1.82) is 0 Å². The molecule has 0 amide bonds. The topological polar surface area (TPSA) is 35.2 Å². The molecule has 0 aromatic carbocycles. The molecule has 2 nitrogen and oxygen atoms in total. The summed E-state index contributed by atoms with van der Waals surface area (Å²) in [6, 6.07) is 0. The molecule has 0 aliphatic carbocycles. The van der Waals surface area contributed by atoms with E-state index in [1.54, 1.807) is 0 Å². The summed E-state index contributed by atoms with van der Waals surface area (Å²) in [4.78, 5) is 0. The van der Waals surface area contributed by atoms with Gasteiger partial charge >= 0.3 is 0 Å². The molecule has 0 saturated heterocycles. The van der Waals surface area contributed by atoms with Crippen LogP contribution in [-0.4, -0.2) is 19.8 Å². The van der Waals surface area contributed by atoms with Gasteiger partial charge in [-0.1, -0.05) is 129 Å². The third-order valence-electron chi connectivity index (χ3n) is 6.28. The number of ether oxygens (including phenoxy) is 1. The van der Waals surface area contributed by atoms with Crippen LogP contribution in [0.2, 0.25) is 0 Å². The van der Waals surface area contributed by atoms with Gasteiger partial charge in [0.25, 0.3) is 0 Å². The van der Waals surface area contributed by atoms with Crippen molar-refractivity contribution in [2.75, 3.05) is 19.8 Å². The monoisotopic (exact) mass is 411 g/mol. The van der Waals surface area contributed by atoms with E-state index in [1.165, 1.54) is 128 Å². The van der Waals surface area contributed by atoms with E-state index in [0.29, 0.717) is 0 Å². The van der Waals surface area contributed by atoms with E-state index in [9.17, 15) is 0 Å². The molecule has 176 valence electrons. The fourth-order valence-electron chi connectivity index (χ4n) is 4.23. The lowest BCUT2D eigenvalue weighted by molar-refractivity contribution is 0.0902. The first-order chi connectivity index (χ1) is 14.3. The molecule has 0 radical (unpaired) electrons. The van der Waals surface area contributed by atoms with Gasteiger partial charge in [0.05, 0.1) is 0 Å². The Bertz CT molecular complexity index is 282. The summed E-state index contributed by atoms with van der Waals surface area (Å²) < 4.78 is 5.92. The van der Waals surface area contributed by atoms with Gasteiger partial charge in [-0.25, -0.2) is 0 Å². The molecule has 0 aliphatic rings. The van der Waals surface area contributed by atoms with Crippen LogP contribution in [0.25, 0.3) is 0 Å². The van der Waals surface area contributed by atoms with E-state index in [0.717, 1.165) is 32.1 Å². The van der Waals surface area contributed by atoms with Gasteiger partial charge < -0.3 is 10.5 Å². The third kappa shape index (κ3) is 24.1. The molecule has 2 N–H and O–H groups in total. The second-order valence-electron chi connectivity index (χ2n) is 9.32. The maximum absolute atomic E-state index is 5.92. The van der Waals surface area contributed by atoms with Crippen molar-refractivity contribution in [3.05, 3.63) is 0 Å². The molecule has 2 heteroatoms. The summed E-state index contributed by atoms with van der Waals surface area (Å²) in [5.74, 6) is 0.780. The summed E-state index contributed by atoms with van der Waals surface area (Å²) >= 11 is 0. The van der Waals surface area contributed by atoms with Crippen LogP contribution >= 0.6 is 0 Å². The lowest BCUT2D eigenvalue weighted by Gasteiger charge is -2.17. The van der Waals surface area contributed by atoms with Crippen LogP contribution in [0.4, 0.5) is 0 Å². The quantitative estimate of drug-likeness (QED) is 0.152. The molecular formula is C27H57NO. The summed E-state index contributed by atoms with van der Waals surface area (Å²) in [5, 5.41) is 0. The second kappa shape index (κ2) is 26.0. The summed E-state index contributed by atoms with van der Waals surface area (Å²) in [6.07, 6.45) is 29.4. The van der Waals surface area contributed by atoms with E-state index in [2.05, 4.69) is 13.8 Å². The zero-order chi connectivity index (χ0) is 21.3. The Morgan fingerprint density at radius 1 is 0.517 bits per heavy atom. The van der Waals surface area contributed by atoms with Crippen LogP contribution in [0.1, 0.15) is 149 Å². The van der Waals surface area contributed by atoms with Crippen molar-refractivity contribution >= 4 is 0 Å². The van der Waals surface area contributed by atoms with Crippen molar-refractivity contribution in [3.8, 4) is 0 Å². The Morgan fingerprint density at radius 3 is 1.28 bits per heavy atom. The predicted molar refractivity (Wildman–Crippen MR) is 132 cm³/mol. The Morgan fingerprint density at radius 2 is 0.897 bits per heavy atom. The summed E-state index contributed by atoms with van der Waals surface area (Å²) in [6.45, 7) is 7.16. The van der Waals surface area contributed by atoms with Gasteiger partial charge in [0.2, 0.25) is 0 Å². The first-order valence-corrected chi connectivity index (χ1v) is 13.6. The Kier molecular flexibility index (Phi) is 25.9. The Hall–Kier alpha value is -0.0800. The molecule has 0 spiro atoms. The average molecular weight is 412 g/mol. The highest BCUT2D eigenvalue weighted by molar-refractivity contribution is 4.61. The van der Waals surface area contributed by atoms with Crippen LogP contribution in [-0.2, 0) is 4.74 Å². The van der Waals surface area contributed by atoms with Gasteiger partial charge in [0.1, 0.15) is 0 Å². The van der Waals surface area contributed by atoms with Crippen LogP contribution in [0.3, 0.4) is 0 Å². The van der Waals surface area contributed by atoms with Crippen LogP contribution in [0, 0.1) is 5.92 Å². The van der Waals surface area contributed by atoms with Gasteiger partial charge in [-0.3, -0.25) is 0 Å². The standard InChI is InChI=1S/C27H57NO/c1-3-5-7-9-11-13-14-16-18-20-23-27(26-29-25-21-24-28)22-19-17-15-12-10-8-6-4-2/h27H,3-26,28H2,1-2H3. The largest absolute Gasteiger partial charge is 0.381 e. The van der Waals surface area contributed by atoms with Gasteiger partial charge in [0, 0.05) is 13.2 Å². The summed E-state index contributed by atoms with van der Waals surface area (Å²) in [7, 11) is 0. The number of rotatable bonds is 25. The highest BCUT2D eigenvalue weighted by atomic mass is 16.5. The van der Waals surface area contributed by atoms with E-state index >= 15 is 0 Å². The van der Waals surface area contributed by atoms with Crippen LogP contribution in [0.5, 0.6) is 0 Å². The van der Waals surface area contributed by atoms with Crippen molar-refractivity contribution in [2.45, 2.75) is 149 Å². The second-order valence-corrected chi connectivity index (χ2v) is 9.32. The van der Waals surface area contributed by atoms with Crippen LogP contribution < -0.4 is 5.73 Å². The van der Waals surface area contributed by atoms with Crippen molar-refractivity contribution in [3.63, 3.8) is 0 Å². The normalized spacial score (nSPS) is 12.5.